The Bertz CT molecular complexity index is 665. The summed E-state index contributed by atoms with van der Waals surface area (Å²) < 4.78 is 5.58. The van der Waals surface area contributed by atoms with Gasteiger partial charge in [0.25, 0.3) is 0 Å². The molecule has 94 valence electrons. The molecule has 0 bridgehead atoms. The Morgan fingerprint density at radius 2 is 1.68 bits per heavy atom. The molecule has 1 aromatic heterocycles. The molecule has 0 saturated carbocycles. The number of nitrogens with zero attached hydrogens (tertiary/aromatic N) is 2. The molecule has 0 unspecified atom stereocenters. The Labute approximate surface area is 129 Å². The van der Waals surface area contributed by atoms with Crippen molar-refractivity contribution in [1.82, 2.24) is 9.36 Å². The van der Waals surface area contributed by atoms with E-state index in [0.717, 1.165) is 22.2 Å². The molecule has 0 radical (unpaired) electrons. The number of nitrogens with one attached hydrogen (secondary N) is 1. The number of benzene rings is 2. The number of hydrogen-bond acceptors (Lipinski definition) is 4. The molecular weight excluding hydrogens is 369 g/mol. The largest absolute Gasteiger partial charge is 0.330 e. The van der Waals surface area contributed by atoms with Gasteiger partial charge in [-0.25, -0.2) is 0 Å². The minimum Gasteiger partial charge on any atom is -0.330 e. The van der Waals surface area contributed by atoms with E-state index >= 15 is 0 Å². The lowest BCUT2D eigenvalue weighted by atomic mass is 10.2. The van der Waals surface area contributed by atoms with Crippen molar-refractivity contribution in [2.75, 3.05) is 5.32 Å². The highest BCUT2D eigenvalue weighted by Gasteiger charge is 2.06. The van der Waals surface area contributed by atoms with Crippen LogP contribution in [-0.4, -0.2) is 9.36 Å². The van der Waals surface area contributed by atoms with E-state index in [2.05, 4.69) is 49.4 Å². The van der Waals surface area contributed by atoms with Gasteiger partial charge in [0.05, 0.1) is 0 Å². The van der Waals surface area contributed by atoms with Crippen LogP contribution in [0.3, 0.4) is 0 Å². The van der Waals surface area contributed by atoms with E-state index in [1.807, 2.05) is 42.5 Å². The highest BCUT2D eigenvalue weighted by Crippen LogP contribution is 2.23. The third-order valence-corrected chi connectivity index (χ3v) is 3.90. The molecule has 0 aliphatic carbocycles. The minimum absolute atomic E-state index is 0.763. The lowest BCUT2D eigenvalue weighted by molar-refractivity contribution is 1.32. The highest BCUT2D eigenvalue weighted by molar-refractivity contribution is 14.1. The monoisotopic (exact) mass is 379 g/mol. The summed E-state index contributed by atoms with van der Waals surface area (Å²) >= 11 is 3.66. The first kappa shape index (κ1) is 12.6. The van der Waals surface area contributed by atoms with Crippen LogP contribution in [0, 0.1) is 3.57 Å². The molecule has 2 aromatic carbocycles. The van der Waals surface area contributed by atoms with Crippen molar-refractivity contribution in [2.45, 2.75) is 0 Å². The highest BCUT2D eigenvalue weighted by atomic mass is 127. The van der Waals surface area contributed by atoms with E-state index in [-0.39, 0.29) is 0 Å². The summed E-state index contributed by atoms with van der Waals surface area (Å²) in [6.07, 6.45) is 0. The lowest BCUT2D eigenvalue weighted by Crippen LogP contribution is -1.89. The topological polar surface area (TPSA) is 37.8 Å². The smallest absolute Gasteiger partial charge is 0.207 e. The fraction of sp³-hybridized carbons (Fsp3) is 0. The Balaban J connectivity index is 1.80. The Hall–Kier alpha value is -1.47. The summed E-state index contributed by atoms with van der Waals surface area (Å²) in [7, 11) is 0. The lowest BCUT2D eigenvalue weighted by Gasteiger charge is -2.01. The molecule has 0 spiro atoms. The third kappa shape index (κ3) is 3.10. The quantitative estimate of drug-likeness (QED) is 0.679. The zero-order valence-electron chi connectivity index (χ0n) is 9.88. The van der Waals surface area contributed by atoms with E-state index in [4.69, 9.17) is 0 Å². The van der Waals surface area contributed by atoms with E-state index < -0.39 is 0 Å². The van der Waals surface area contributed by atoms with Crippen molar-refractivity contribution < 1.29 is 0 Å². The average Bonchev–Trinajstić information content (AvgIpc) is 2.91. The maximum absolute atomic E-state index is 4.49. The number of rotatable bonds is 3. The molecule has 19 heavy (non-hydrogen) atoms. The maximum atomic E-state index is 4.49. The standard InChI is InChI=1S/C14H10IN3S/c15-11-6-8-12(9-7-11)16-14-17-13(18-19-14)10-4-2-1-3-5-10/h1-9H,(H,16,17,18). The van der Waals surface area contributed by atoms with Crippen LogP contribution in [0.4, 0.5) is 10.8 Å². The van der Waals surface area contributed by atoms with Gasteiger partial charge < -0.3 is 5.32 Å². The Kier molecular flexibility index (Phi) is 3.74. The average molecular weight is 379 g/mol. The first-order chi connectivity index (χ1) is 9.31. The number of anilines is 2. The van der Waals surface area contributed by atoms with Gasteiger partial charge in [0.15, 0.2) is 5.82 Å². The number of hydrogen-bond donors (Lipinski definition) is 1. The van der Waals surface area contributed by atoms with Crippen LogP contribution in [0.25, 0.3) is 11.4 Å². The van der Waals surface area contributed by atoms with Gasteiger partial charge in [0.2, 0.25) is 5.13 Å². The zero-order chi connectivity index (χ0) is 13.1. The molecule has 0 fully saturated rings. The molecule has 0 saturated heterocycles. The van der Waals surface area contributed by atoms with Crippen molar-refractivity contribution in [3.63, 3.8) is 0 Å². The molecule has 3 nitrogen and oxygen atoms in total. The van der Waals surface area contributed by atoms with Crippen molar-refractivity contribution >= 4 is 44.9 Å². The van der Waals surface area contributed by atoms with Gasteiger partial charge in [-0.3, -0.25) is 0 Å². The van der Waals surface area contributed by atoms with Gasteiger partial charge in [0, 0.05) is 26.4 Å². The van der Waals surface area contributed by atoms with Crippen molar-refractivity contribution in [3.05, 3.63) is 58.2 Å². The van der Waals surface area contributed by atoms with Crippen LogP contribution >= 0.6 is 34.1 Å². The second-order valence-electron chi connectivity index (χ2n) is 3.92. The minimum atomic E-state index is 0.763. The van der Waals surface area contributed by atoms with E-state index in [1.165, 1.54) is 15.1 Å². The molecule has 0 atom stereocenters. The fourth-order valence-corrected chi connectivity index (χ4v) is 2.60. The molecule has 1 N–H and O–H groups in total. The van der Waals surface area contributed by atoms with Crippen LogP contribution in [0.15, 0.2) is 54.6 Å². The predicted molar refractivity (Wildman–Crippen MR) is 87.8 cm³/mol. The first-order valence-electron chi connectivity index (χ1n) is 5.73. The summed E-state index contributed by atoms with van der Waals surface area (Å²) in [5.74, 6) is 0.763. The van der Waals surface area contributed by atoms with E-state index in [0.29, 0.717) is 0 Å². The van der Waals surface area contributed by atoms with Crippen molar-refractivity contribution in [1.29, 1.82) is 0 Å². The molecular formula is C14H10IN3S. The van der Waals surface area contributed by atoms with Crippen molar-refractivity contribution in [3.8, 4) is 11.4 Å². The van der Waals surface area contributed by atoms with E-state index in [9.17, 15) is 0 Å². The first-order valence-corrected chi connectivity index (χ1v) is 7.58. The Morgan fingerprint density at radius 3 is 2.42 bits per heavy atom. The van der Waals surface area contributed by atoms with Crippen LogP contribution < -0.4 is 5.32 Å². The molecule has 3 rings (SSSR count). The molecule has 1 heterocycles. The molecule has 0 aliphatic rings. The van der Waals surface area contributed by atoms with Crippen molar-refractivity contribution in [2.24, 2.45) is 0 Å². The fourth-order valence-electron chi connectivity index (χ4n) is 1.64. The van der Waals surface area contributed by atoms with Gasteiger partial charge in [0.1, 0.15) is 0 Å². The molecule has 5 heteroatoms. The SMILES string of the molecule is Ic1ccc(Nc2nc(-c3ccccc3)ns2)cc1. The second kappa shape index (κ2) is 5.66. The van der Waals surface area contributed by atoms with Gasteiger partial charge >= 0.3 is 0 Å². The summed E-state index contributed by atoms with van der Waals surface area (Å²) in [5, 5.41) is 4.07. The summed E-state index contributed by atoms with van der Waals surface area (Å²) in [6, 6.07) is 18.2. The molecule has 0 aliphatic heterocycles. The second-order valence-corrected chi connectivity index (χ2v) is 5.92. The maximum Gasteiger partial charge on any atom is 0.207 e. The summed E-state index contributed by atoms with van der Waals surface area (Å²) in [5.41, 5.74) is 2.06. The van der Waals surface area contributed by atoms with Crippen LogP contribution in [0.2, 0.25) is 0 Å². The van der Waals surface area contributed by atoms with Gasteiger partial charge in [-0.2, -0.15) is 9.36 Å². The van der Waals surface area contributed by atoms with Crippen LogP contribution in [0.1, 0.15) is 0 Å². The molecule has 0 amide bonds. The predicted octanol–water partition coefficient (Wildman–Crippen LogP) is 4.55. The van der Waals surface area contributed by atoms with Crippen LogP contribution in [0.5, 0.6) is 0 Å². The summed E-state index contributed by atoms with van der Waals surface area (Å²) in [4.78, 5) is 4.49. The third-order valence-electron chi connectivity index (χ3n) is 2.55. The zero-order valence-corrected chi connectivity index (χ0v) is 12.9. The van der Waals surface area contributed by atoms with E-state index in [1.54, 1.807) is 0 Å². The Morgan fingerprint density at radius 1 is 0.947 bits per heavy atom. The van der Waals surface area contributed by atoms with Gasteiger partial charge in [-0.05, 0) is 46.9 Å². The van der Waals surface area contributed by atoms with Gasteiger partial charge in [-0.1, -0.05) is 30.3 Å². The summed E-state index contributed by atoms with van der Waals surface area (Å²) in [6.45, 7) is 0. The van der Waals surface area contributed by atoms with Crippen LogP contribution in [-0.2, 0) is 0 Å². The molecule has 3 aromatic rings. The number of aromatic nitrogens is 2. The number of halogens is 1. The normalized spacial score (nSPS) is 10.4. The van der Waals surface area contributed by atoms with Gasteiger partial charge in [-0.15, -0.1) is 0 Å².